The predicted octanol–water partition coefficient (Wildman–Crippen LogP) is 5.90. The summed E-state index contributed by atoms with van der Waals surface area (Å²) in [5.74, 6) is -1.14. The largest absolute Gasteiger partial charge is 0.444 e. The van der Waals surface area contributed by atoms with Crippen LogP contribution in [-0.4, -0.2) is 32.8 Å². The van der Waals surface area contributed by atoms with Crippen LogP contribution in [0.25, 0.3) is 0 Å². The molecule has 2 aromatic carbocycles. The van der Waals surface area contributed by atoms with Gasteiger partial charge < -0.3 is 9.64 Å². The topological polar surface area (TPSA) is 73.5 Å². The first-order valence-corrected chi connectivity index (χ1v) is 12.7. The van der Waals surface area contributed by atoms with E-state index in [0.717, 1.165) is 27.3 Å². The second-order valence-electron chi connectivity index (χ2n) is 9.97. The van der Waals surface area contributed by atoms with E-state index >= 15 is 0 Å². The van der Waals surface area contributed by atoms with Crippen molar-refractivity contribution in [2.75, 3.05) is 7.05 Å². The van der Waals surface area contributed by atoms with Gasteiger partial charge in [-0.1, -0.05) is 36.4 Å². The fourth-order valence-electron chi connectivity index (χ4n) is 4.02. The molecule has 0 saturated carbocycles. The number of benzene rings is 2. The summed E-state index contributed by atoms with van der Waals surface area (Å²) in [7, 11) is 1.45. The molecule has 1 heterocycles. The Labute approximate surface area is 230 Å². The molecule has 39 heavy (non-hydrogen) atoms. The lowest BCUT2D eigenvalue weighted by molar-refractivity contribution is -0.138. The molecule has 12 heteroatoms. The van der Waals surface area contributed by atoms with Crippen molar-refractivity contribution < 1.29 is 27.1 Å². The molecule has 1 atom stereocenters. The molecule has 210 valence electrons. The van der Waals surface area contributed by atoms with Crippen LogP contribution < -0.4 is 11.2 Å². The zero-order valence-electron chi connectivity index (χ0n) is 22.0. The number of carbonyl (C=O) groups excluding carboxylic acids is 1. The lowest BCUT2D eigenvalue weighted by Crippen LogP contribution is -2.46. The fourth-order valence-corrected chi connectivity index (χ4v) is 4.45. The van der Waals surface area contributed by atoms with Gasteiger partial charge in [0.1, 0.15) is 15.9 Å². The highest BCUT2D eigenvalue weighted by Gasteiger charge is 2.35. The summed E-state index contributed by atoms with van der Waals surface area (Å²) in [4.78, 5) is 41.0. The molecule has 3 aromatic rings. The molecule has 0 radical (unpaired) electrons. The van der Waals surface area contributed by atoms with Crippen molar-refractivity contribution >= 4 is 22.0 Å². The SMILES string of the molecule is Cc1c(Br)c(=O)n(C[C@@H](c2ccccc2)N(C)C(=O)OC(C)(C)C)c(=O)n1Cc1c(F)cccc1C(F)(F)F. The summed E-state index contributed by atoms with van der Waals surface area (Å²) in [5.41, 5.74) is -3.90. The molecule has 0 aliphatic rings. The first-order valence-electron chi connectivity index (χ1n) is 11.9. The van der Waals surface area contributed by atoms with Gasteiger partial charge in [0.2, 0.25) is 0 Å². The summed E-state index contributed by atoms with van der Waals surface area (Å²) in [6, 6.07) is 10.3. The number of hydrogen-bond donors (Lipinski definition) is 0. The smallest absolute Gasteiger partial charge is 0.416 e. The van der Waals surface area contributed by atoms with Crippen LogP contribution in [-0.2, 0) is 24.0 Å². The molecule has 0 aliphatic carbocycles. The zero-order valence-corrected chi connectivity index (χ0v) is 23.6. The van der Waals surface area contributed by atoms with Crippen molar-refractivity contribution in [1.29, 1.82) is 0 Å². The van der Waals surface area contributed by atoms with Gasteiger partial charge >= 0.3 is 18.0 Å². The average Bonchev–Trinajstić information content (AvgIpc) is 2.84. The number of ether oxygens (including phenoxy) is 1. The number of alkyl halides is 3. The Morgan fingerprint density at radius 3 is 2.21 bits per heavy atom. The second-order valence-corrected chi connectivity index (χ2v) is 10.8. The molecular formula is C27H28BrF4N3O4. The molecule has 0 bridgehead atoms. The summed E-state index contributed by atoms with van der Waals surface area (Å²) in [5, 5.41) is 0. The number of rotatable bonds is 6. The maximum Gasteiger partial charge on any atom is 0.416 e. The number of halogens is 5. The van der Waals surface area contributed by atoms with Gasteiger partial charge in [-0.3, -0.25) is 13.9 Å². The highest BCUT2D eigenvalue weighted by Crippen LogP contribution is 2.33. The monoisotopic (exact) mass is 613 g/mol. The minimum absolute atomic E-state index is 0.0226. The lowest BCUT2D eigenvalue weighted by Gasteiger charge is -2.31. The number of carbonyl (C=O) groups is 1. The van der Waals surface area contributed by atoms with E-state index in [-0.39, 0.29) is 16.7 Å². The van der Waals surface area contributed by atoms with Crippen LogP contribution in [0.5, 0.6) is 0 Å². The Morgan fingerprint density at radius 2 is 1.64 bits per heavy atom. The van der Waals surface area contributed by atoms with Gasteiger partial charge in [-0.05, 0) is 61.3 Å². The van der Waals surface area contributed by atoms with Crippen molar-refractivity contribution in [2.24, 2.45) is 0 Å². The van der Waals surface area contributed by atoms with Crippen molar-refractivity contribution in [2.45, 2.75) is 58.6 Å². The van der Waals surface area contributed by atoms with Crippen LogP contribution in [0.3, 0.4) is 0 Å². The Balaban J connectivity index is 2.16. The highest BCUT2D eigenvalue weighted by molar-refractivity contribution is 9.10. The molecule has 0 N–H and O–H groups in total. The Kier molecular flexibility index (Phi) is 8.79. The average molecular weight is 614 g/mol. The second kappa shape index (κ2) is 11.4. The summed E-state index contributed by atoms with van der Waals surface area (Å²) < 4.78 is 62.6. The van der Waals surface area contributed by atoms with E-state index in [1.54, 1.807) is 51.1 Å². The first kappa shape index (κ1) is 30.1. The summed E-state index contributed by atoms with van der Waals surface area (Å²) in [6.07, 6.45) is -5.58. The van der Waals surface area contributed by atoms with Gasteiger partial charge in [-0.15, -0.1) is 0 Å². The quantitative estimate of drug-likeness (QED) is 0.325. The van der Waals surface area contributed by atoms with E-state index in [1.807, 2.05) is 0 Å². The lowest BCUT2D eigenvalue weighted by atomic mass is 10.1. The predicted molar refractivity (Wildman–Crippen MR) is 141 cm³/mol. The minimum Gasteiger partial charge on any atom is -0.444 e. The Bertz CT molecular complexity index is 1480. The van der Waals surface area contributed by atoms with Crippen molar-refractivity contribution in [3.63, 3.8) is 0 Å². The van der Waals surface area contributed by atoms with E-state index in [9.17, 15) is 31.9 Å². The van der Waals surface area contributed by atoms with E-state index in [4.69, 9.17) is 4.74 Å². The van der Waals surface area contributed by atoms with Gasteiger partial charge in [0, 0.05) is 18.3 Å². The molecule has 3 rings (SSSR count). The zero-order chi connectivity index (χ0) is 29.3. The van der Waals surface area contributed by atoms with Gasteiger partial charge in [0.15, 0.2) is 0 Å². The number of likely N-dealkylation sites (N-methyl/N-ethyl adjacent to an activating group) is 1. The Morgan fingerprint density at radius 1 is 1.03 bits per heavy atom. The molecule has 1 aromatic heterocycles. The van der Waals surface area contributed by atoms with Gasteiger partial charge in [0.05, 0.1) is 24.7 Å². The number of hydrogen-bond acceptors (Lipinski definition) is 4. The number of amides is 1. The minimum atomic E-state index is -4.87. The van der Waals surface area contributed by atoms with Gasteiger partial charge in [0.25, 0.3) is 5.56 Å². The van der Waals surface area contributed by atoms with E-state index < -0.39 is 58.7 Å². The van der Waals surface area contributed by atoms with Crippen LogP contribution in [0.15, 0.2) is 62.6 Å². The van der Waals surface area contributed by atoms with Gasteiger partial charge in [-0.2, -0.15) is 13.2 Å². The van der Waals surface area contributed by atoms with Crippen LogP contribution in [0.2, 0.25) is 0 Å². The molecule has 0 spiro atoms. The summed E-state index contributed by atoms with van der Waals surface area (Å²) >= 11 is 3.14. The number of aromatic nitrogens is 2. The highest BCUT2D eigenvalue weighted by atomic mass is 79.9. The third-order valence-electron chi connectivity index (χ3n) is 6.05. The molecule has 0 saturated heterocycles. The number of nitrogens with zero attached hydrogens (tertiary/aromatic N) is 3. The van der Waals surface area contributed by atoms with E-state index in [1.165, 1.54) is 18.9 Å². The summed E-state index contributed by atoms with van der Waals surface area (Å²) in [6.45, 7) is 5.31. The third kappa shape index (κ3) is 6.78. The molecule has 0 fully saturated rings. The molecule has 1 amide bonds. The maximum atomic E-state index is 14.6. The first-order chi connectivity index (χ1) is 18.0. The van der Waals surface area contributed by atoms with Crippen molar-refractivity contribution in [3.8, 4) is 0 Å². The van der Waals surface area contributed by atoms with Crippen LogP contribution >= 0.6 is 15.9 Å². The molecular weight excluding hydrogens is 586 g/mol. The van der Waals surface area contributed by atoms with Crippen molar-refractivity contribution in [1.82, 2.24) is 14.0 Å². The Hall–Kier alpha value is -3.41. The van der Waals surface area contributed by atoms with Gasteiger partial charge in [-0.25, -0.2) is 14.0 Å². The molecule has 7 nitrogen and oxygen atoms in total. The molecule has 0 aliphatic heterocycles. The maximum absolute atomic E-state index is 14.6. The normalized spacial score (nSPS) is 12.8. The van der Waals surface area contributed by atoms with Crippen LogP contribution in [0.4, 0.5) is 22.4 Å². The van der Waals surface area contributed by atoms with E-state index in [2.05, 4.69) is 15.9 Å². The van der Waals surface area contributed by atoms with Crippen LogP contribution in [0, 0.1) is 12.7 Å². The third-order valence-corrected chi connectivity index (χ3v) is 6.96. The van der Waals surface area contributed by atoms with Crippen molar-refractivity contribution in [3.05, 3.63) is 102 Å². The fraction of sp³-hybridized carbons (Fsp3) is 0.370. The van der Waals surface area contributed by atoms with E-state index in [0.29, 0.717) is 5.56 Å². The standard InChI is InChI=1S/C27H28BrF4N3O4/c1-16-22(28)23(36)35(24(37)34(16)14-18-19(27(30,31)32)12-9-13-20(18)29)15-21(17-10-7-6-8-11-17)33(5)25(38)39-26(2,3)4/h6-13,21H,14-15H2,1-5H3/t21-/m0/s1. The molecule has 0 unspecified atom stereocenters. The van der Waals surface area contributed by atoms with Crippen LogP contribution in [0.1, 0.15) is 49.2 Å².